The first-order valence-electron chi connectivity index (χ1n) is 9.88. The number of ketones is 1. The number of Topliss-reactive ketones (excluding diaryl/α,β-unsaturated/α-hetero) is 1. The number of aromatic nitrogens is 1. The van der Waals surface area contributed by atoms with E-state index in [1.165, 1.54) is 0 Å². The van der Waals surface area contributed by atoms with Crippen LogP contribution in [0, 0.1) is 0 Å². The van der Waals surface area contributed by atoms with Crippen molar-refractivity contribution in [2.75, 3.05) is 6.61 Å². The lowest BCUT2D eigenvalue weighted by molar-refractivity contribution is -0.140. The molecule has 2 N–H and O–H groups in total. The van der Waals surface area contributed by atoms with Crippen molar-refractivity contribution in [1.82, 2.24) is 4.57 Å². The molecular weight excluding hydrogens is 434 g/mol. The number of fused-ring (bicyclic) bond motifs is 1. The van der Waals surface area contributed by atoms with Crippen LogP contribution < -0.4 is 9.61 Å². The van der Waals surface area contributed by atoms with E-state index in [2.05, 4.69) is 0 Å². The summed E-state index contributed by atoms with van der Waals surface area (Å²) in [6.45, 7) is 2.47. The summed E-state index contributed by atoms with van der Waals surface area (Å²) in [5, 5.41) is 17.8. The van der Waals surface area contributed by atoms with Crippen LogP contribution in [0.1, 0.15) is 35.7 Å². The molecule has 0 aliphatic rings. The molecule has 3 aromatic rings. The number of rotatable bonds is 10. The van der Waals surface area contributed by atoms with Crippen molar-refractivity contribution in [3.8, 4) is 5.75 Å². The summed E-state index contributed by atoms with van der Waals surface area (Å²) >= 11 is 1.08. The number of carboxylic acid groups (broad SMARTS) is 2. The van der Waals surface area contributed by atoms with E-state index in [1.54, 1.807) is 47.0 Å². The van der Waals surface area contributed by atoms with E-state index >= 15 is 0 Å². The molecule has 3 rings (SSSR count). The molecule has 8 nitrogen and oxygen atoms in total. The first kappa shape index (κ1) is 23.0. The highest BCUT2D eigenvalue weighted by Crippen LogP contribution is 2.21. The van der Waals surface area contributed by atoms with Gasteiger partial charge in [0.2, 0.25) is 0 Å². The zero-order chi connectivity index (χ0) is 23.3. The molecule has 1 aromatic heterocycles. The maximum absolute atomic E-state index is 12.4. The van der Waals surface area contributed by atoms with Crippen molar-refractivity contribution in [3.63, 3.8) is 0 Å². The Kier molecular flexibility index (Phi) is 7.21. The van der Waals surface area contributed by atoms with E-state index in [9.17, 15) is 19.2 Å². The topological polar surface area (TPSA) is 123 Å². The van der Waals surface area contributed by atoms with Crippen LogP contribution in [0.2, 0.25) is 0 Å². The molecule has 0 atom stereocenters. The van der Waals surface area contributed by atoms with Crippen LogP contribution in [0.15, 0.2) is 52.8 Å². The third kappa shape index (κ3) is 5.30. The highest BCUT2D eigenvalue weighted by Gasteiger charge is 2.15. The van der Waals surface area contributed by atoms with Gasteiger partial charge < -0.3 is 14.9 Å². The standard InChI is InChI=1S/C23H21NO7S/c1-2-3-19(25)15-6-9-18-20(13-15)32-23(30)24(18)10-11-31-16-7-4-14(5-8-16)12-17(21(26)27)22(28)29/h4-9,12-13H,2-3,10-11H2,1H3,(H,26,27)(H,28,29). The highest BCUT2D eigenvalue weighted by molar-refractivity contribution is 7.16. The Hall–Kier alpha value is -3.72. The van der Waals surface area contributed by atoms with Crippen LogP contribution in [-0.2, 0) is 16.1 Å². The molecule has 32 heavy (non-hydrogen) atoms. The molecule has 0 unspecified atom stereocenters. The van der Waals surface area contributed by atoms with Crippen molar-refractivity contribution < 1.29 is 29.3 Å². The summed E-state index contributed by atoms with van der Waals surface area (Å²) in [6.07, 6.45) is 2.30. The average molecular weight is 455 g/mol. The summed E-state index contributed by atoms with van der Waals surface area (Å²) in [5.41, 5.74) is 1.02. The quantitative estimate of drug-likeness (QED) is 0.207. The minimum absolute atomic E-state index is 0.0576. The molecular formula is C23H21NO7S. The average Bonchev–Trinajstić information content (AvgIpc) is 3.07. The van der Waals surface area contributed by atoms with Gasteiger partial charge in [0.1, 0.15) is 17.9 Å². The largest absolute Gasteiger partial charge is 0.492 e. The van der Waals surface area contributed by atoms with Crippen LogP contribution in [0.25, 0.3) is 16.3 Å². The van der Waals surface area contributed by atoms with E-state index in [0.717, 1.165) is 34.1 Å². The third-order valence-corrected chi connectivity index (χ3v) is 5.64. The maximum Gasteiger partial charge on any atom is 0.343 e. The van der Waals surface area contributed by atoms with E-state index in [-0.39, 0.29) is 17.3 Å². The first-order chi connectivity index (χ1) is 15.3. The molecule has 166 valence electrons. The Bertz CT molecular complexity index is 1240. The van der Waals surface area contributed by atoms with E-state index < -0.39 is 17.5 Å². The second kappa shape index (κ2) is 10.1. The minimum atomic E-state index is -1.52. The van der Waals surface area contributed by atoms with Gasteiger partial charge in [-0.15, -0.1) is 0 Å². The maximum atomic E-state index is 12.4. The van der Waals surface area contributed by atoms with Crippen LogP contribution in [0.3, 0.4) is 0 Å². The zero-order valence-electron chi connectivity index (χ0n) is 17.2. The number of carbonyl (C=O) groups excluding carboxylic acids is 1. The van der Waals surface area contributed by atoms with Crippen molar-refractivity contribution in [1.29, 1.82) is 0 Å². The lowest BCUT2D eigenvalue weighted by atomic mass is 10.1. The van der Waals surface area contributed by atoms with Gasteiger partial charge in [0.05, 0.1) is 16.8 Å². The van der Waals surface area contributed by atoms with Gasteiger partial charge >= 0.3 is 16.8 Å². The molecule has 0 radical (unpaired) electrons. The van der Waals surface area contributed by atoms with Gasteiger partial charge in [-0.1, -0.05) is 30.4 Å². The number of benzene rings is 2. The number of nitrogens with zero attached hydrogens (tertiary/aromatic N) is 1. The molecule has 0 spiro atoms. The van der Waals surface area contributed by atoms with Crippen molar-refractivity contribution in [3.05, 3.63) is 68.8 Å². The van der Waals surface area contributed by atoms with E-state index in [4.69, 9.17) is 14.9 Å². The van der Waals surface area contributed by atoms with Crippen LogP contribution >= 0.6 is 11.3 Å². The lowest BCUT2D eigenvalue weighted by Gasteiger charge is -2.08. The lowest BCUT2D eigenvalue weighted by Crippen LogP contribution is -2.17. The smallest absolute Gasteiger partial charge is 0.343 e. The van der Waals surface area contributed by atoms with Crippen molar-refractivity contribution >= 4 is 45.4 Å². The van der Waals surface area contributed by atoms with E-state index in [1.807, 2.05) is 6.92 Å². The molecule has 0 saturated heterocycles. The number of hydrogen-bond donors (Lipinski definition) is 2. The second-order valence-electron chi connectivity index (χ2n) is 6.96. The molecule has 0 aliphatic carbocycles. The van der Waals surface area contributed by atoms with Gasteiger partial charge in [-0.25, -0.2) is 9.59 Å². The number of hydrogen-bond acceptors (Lipinski definition) is 6. The third-order valence-electron chi connectivity index (χ3n) is 4.70. The zero-order valence-corrected chi connectivity index (χ0v) is 18.1. The number of carbonyl (C=O) groups is 3. The van der Waals surface area contributed by atoms with Gasteiger partial charge in [0, 0.05) is 12.0 Å². The van der Waals surface area contributed by atoms with E-state index in [0.29, 0.717) is 29.8 Å². The molecule has 2 aromatic carbocycles. The van der Waals surface area contributed by atoms with Crippen molar-refractivity contribution in [2.45, 2.75) is 26.3 Å². The Morgan fingerprint density at radius 1 is 1.06 bits per heavy atom. The first-order valence-corrected chi connectivity index (χ1v) is 10.7. The summed E-state index contributed by atoms with van der Waals surface area (Å²) in [6, 6.07) is 11.5. The minimum Gasteiger partial charge on any atom is -0.492 e. The van der Waals surface area contributed by atoms with Gasteiger partial charge in [-0.2, -0.15) is 0 Å². The highest BCUT2D eigenvalue weighted by atomic mass is 32.1. The van der Waals surface area contributed by atoms with Crippen LogP contribution in [0.4, 0.5) is 0 Å². The normalized spacial score (nSPS) is 10.7. The fourth-order valence-corrected chi connectivity index (χ4v) is 4.08. The summed E-state index contributed by atoms with van der Waals surface area (Å²) < 4.78 is 8.01. The number of ether oxygens (including phenoxy) is 1. The van der Waals surface area contributed by atoms with Gasteiger partial charge in [-0.3, -0.25) is 14.2 Å². The molecule has 0 saturated carbocycles. The Morgan fingerprint density at radius 3 is 2.38 bits per heavy atom. The predicted molar refractivity (Wildman–Crippen MR) is 121 cm³/mol. The van der Waals surface area contributed by atoms with Gasteiger partial charge in [-0.05, 0) is 48.4 Å². The number of carboxylic acids is 2. The molecule has 0 bridgehead atoms. The molecule has 1 heterocycles. The fraction of sp³-hybridized carbons (Fsp3) is 0.217. The second-order valence-corrected chi connectivity index (χ2v) is 7.95. The Morgan fingerprint density at radius 2 is 1.75 bits per heavy atom. The predicted octanol–water partition coefficient (Wildman–Crippen LogP) is 3.68. The Balaban J connectivity index is 1.67. The number of aliphatic carboxylic acids is 2. The fourth-order valence-electron chi connectivity index (χ4n) is 3.12. The summed E-state index contributed by atoms with van der Waals surface area (Å²) in [4.78, 5) is 46.2. The SMILES string of the molecule is CCCC(=O)c1ccc2c(c1)sc(=O)n2CCOc1ccc(C=C(C(=O)O)C(=O)O)cc1. The van der Waals surface area contributed by atoms with Gasteiger partial charge in [0.15, 0.2) is 5.78 Å². The summed E-state index contributed by atoms with van der Waals surface area (Å²) in [5.74, 6) is -2.49. The Labute approximate surface area is 187 Å². The van der Waals surface area contributed by atoms with Crippen molar-refractivity contribution in [2.24, 2.45) is 0 Å². The monoisotopic (exact) mass is 455 g/mol. The van der Waals surface area contributed by atoms with Crippen LogP contribution in [0.5, 0.6) is 5.75 Å². The number of thiazole rings is 1. The molecule has 0 amide bonds. The molecule has 0 fully saturated rings. The summed E-state index contributed by atoms with van der Waals surface area (Å²) in [7, 11) is 0. The van der Waals surface area contributed by atoms with Gasteiger partial charge in [0.25, 0.3) is 0 Å². The van der Waals surface area contributed by atoms with Crippen LogP contribution in [-0.4, -0.2) is 39.1 Å². The molecule has 0 aliphatic heterocycles. The molecule has 9 heteroatoms.